The minimum Gasteiger partial charge on any atom is -0.370 e. The van der Waals surface area contributed by atoms with Gasteiger partial charge < -0.3 is 15.6 Å². The van der Waals surface area contributed by atoms with Gasteiger partial charge in [0.25, 0.3) is 0 Å². The van der Waals surface area contributed by atoms with Gasteiger partial charge in [0, 0.05) is 25.1 Å². The number of hydrogen-bond donors (Lipinski definition) is 3. The van der Waals surface area contributed by atoms with E-state index in [1.165, 1.54) is 19.5 Å². The summed E-state index contributed by atoms with van der Waals surface area (Å²) in [6, 6.07) is 1.86. The zero-order valence-corrected chi connectivity index (χ0v) is 12.7. The van der Waals surface area contributed by atoms with Crippen LogP contribution < -0.4 is 16.6 Å². The molecule has 4 N–H and O–H groups in total. The first-order chi connectivity index (χ1) is 9.62. The van der Waals surface area contributed by atoms with E-state index in [1.54, 1.807) is 0 Å². The number of nitrogen functional groups attached to an aromatic ring is 1. The molecule has 2 heterocycles. The fraction of sp³-hybridized carbons (Fsp3) is 0.714. The third-order valence-electron chi connectivity index (χ3n) is 3.80. The summed E-state index contributed by atoms with van der Waals surface area (Å²) < 4.78 is 0. The van der Waals surface area contributed by atoms with E-state index >= 15 is 0 Å². The lowest BCUT2D eigenvalue weighted by Crippen LogP contribution is -2.23. The Morgan fingerprint density at radius 2 is 2.15 bits per heavy atom. The van der Waals surface area contributed by atoms with Crippen molar-refractivity contribution in [2.75, 3.05) is 36.9 Å². The van der Waals surface area contributed by atoms with Crippen molar-refractivity contribution < 1.29 is 0 Å². The van der Waals surface area contributed by atoms with Gasteiger partial charge in [0.05, 0.1) is 0 Å². The van der Waals surface area contributed by atoms with Crippen LogP contribution in [0.3, 0.4) is 0 Å². The summed E-state index contributed by atoms with van der Waals surface area (Å²) in [6.07, 6.45) is 1.25. The highest BCUT2D eigenvalue weighted by Crippen LogP contribution is 2.19. The Kier molecular flexibility index (Phi) is 5.14. The van der Waals surface area contributed by atoms with E-state index in [-0.39, 0.29) is 5.92 Å². The first-order valence-electron chi connectivity index (χ1n) is 7.44. The van der Waals surface area contributed by atoms with Gasteiger partial charge in [0.1, 0.15) is 17.5 Å². The Morgan fingerprint density at radius 3 is 2.75 bits per heavy atom. The third kappa shape index (κ3) is 3.80. The molecule has 112 valence electrons. The molecule has 0 aliphatic carbocycles. The van der Waals surface area contributed by atoms with Crippen LogP contribution in [-0.2, 0) is 0 Å². The van der Waals surface area contributed by atoms with E-state index in [0.29, 0.717) is 11.7 Å². The molecule has 1 fully saturated rings. The predicted molar refractivity (Wildman–Crippen MR) is 82.6 cm³/mol. The molecule has 0 spiro atoms. The summed E-state index contributed by atoms with van der Waals surface area (Å²) in [5, 5.41) is 3.43. The van der Waals surface area contributed by atoms with Crippen LogP contribution in [-0.4, -0.2) is 41.0 Å². The van der Waals surface area contributed by atoms with Crippen LogP contribution in [0.15, 0.2) is 6.07 Å². The summed E-state index contributed by atoms with van der Waals surface area (Å²) in [7, 11) is 0. The molecule has 1 aromatic rings. The number of rotatable bonds is 6. The van der Waals surface area contributed by atoms with Crippen molar-refractivity contribution in [1.82, 2.24) is 14.9 Å². The Morgan fingerprint density at radius 1 is 1.40 bits per heavy atom. The number of nitrogens with one attached hydrogen (secondary N) is 2. The van der Waals surface area contributed by atoms with Gasteiger partial charge in [-0.05, 0) is 25.4 Å². The van der Waals surface area contributed by atoms with Crippen molar-refractivity contribution in [1.29, 1.82) is 0 Å². The van der Waals surface area contributed by atoms with E-state index in [2.05, 4.69) is 46.4 Å². The second kappa shape index (κ2) is 6.85. The number of anilines is 2. The molecule has 1 aliphatic rings. The highest BCUT2D eigenvalue weighted by atomic mass is 15.3. The molecule has 6 nitrogen and oxygen atoms in total. The topological polar surface area (TPSA) is 79.1 Å². The minimum absolute atomic E-state index is 0.283. The van der Waals surface area contributed by atoms with E-state index in [9.17, 15) is 0 Å². The quantitative estimate of drug-likeness (QED) is 0.542. The number of aromatic nitrogens is 2. The summed E-state index contributed by atoms with van der Waals surface area (Å²) in [6.45, 7) is 10.9. The van der Waals surface area contributed by atoms with Gasteiger partial charge in [0.15, 0.2) is 0 Å². The van der Waals surface area contributed by atoms with E-state index in [0.717, 1.165) is 24.7 Å². The Balaban J connectivity index is 1.97. The molecule has 0 amide bonds. The molecule has 1 atom stereocenters. The van der Waals surface area contributed by atoms with E-state index in [4.69, 9.17) is 5.84 Å². The van der Waals surface area contributed by atoms with E-state index < -0.39 is 0 Å². The lowest BCUT2D eigenvalue weighted by Gasteiger charge is -2.15. The van der Waals surface area contributed by atoms with Crippen molar-refractivity contribution in [3.63, 3.8) is 0 Å². The molecule has 1 unspecified atom stereocenters. The number of hydrazine groups is 1. The Bertz CT molecular complexity index is 434. The lowest BCUT2D eigenvalue weighted by atomic mass is 10.1. The van der Waals surface area contributed by atoms with Gasteiger partial charge in [-0.2, -0.15) is 0 Å². The molecule has 1 aliphatic heterocycles. The molecule has 1 aromatic heterocycles. The maximum Gasteiger partial charge on any atom is 0.145 e. The largest absolute Gasteiger partial charge is 0.370 e. The fourth-order valence-electron chi connectivity index (χ4n) is 2.50. The SMILES string of the molecule is CCN1CCC(CNc2cc(NN)nc(C(C)C)n2)C1. The van der Waals surface area contributed by atoms with Crippen LogP contribution in [0.4, 0.5) is 11.6 Å². The molecule has 20 heavy (non-hydrogen) atoms. The molecule has 2 rings (SSSR count). The van der Waals surface area contributed by atoms with Gasteiger partial charge in [-0.25, -0.2) is 15.8 Å². The molecular formula is C14H26N6. The third-order valence-corrected chi connectivity index (χ3v) is 3.80. The molecule has 0 bridgehead atoms. The number of nitrogens with zero attached hydrogens (tertiary/aromatic N) is 3. The molecule has 0 radical (unpaired) electrons. The average molecular weight is 278 g/mol. The van der Waals surface area contributed by atoms with Gasteiger partial charge in [0.2, 0.25) is 0 Å². The number of nitrogens with two attached hydrogens (primary N) is 1. The van der Waals surface area contributed by atoms with E-state index in [1.807, 2.05) is 6.07 Å². The van der Waals surface area contributed by atoms with Gasteiger partial charge in [-0.1, -0.05) is 20.8 Å². The van der Waals surface area contributed by atoms with Crippen molar-refractivity contribution in [3.05, 3.63) is 11.9 Å². The van der Waals surface area contributed by atoms with Crippen LogP contribution in [0.5, 0.6) is 0 Å². The highest BCUT2D eigenvalue weighted by Gasteiger charge is 2.21. The van der Waals surface area contributed by atoms with Gasteiger partial charge >= 0.3 is 0 Å². The maximum absolute atomic E-state index is 5.47. The van der Waals surface area contributed by atoms with Crippen molar-refractivity contribution >= 4 is 11.6 Å². The average Bonchev–Trinajstić information content (AvgIpc) is 2.92. The Hall–Kier alpha value is -1.40. The number of hydrogen-bond acceptors (Lipinski definition) is 6. The second-order valence-corrected chi connectivity index (χ2v) is 5.72. The first kappa shape index (κ1) is 15.0. The lowest BCUT2D eigenvalue weighted by molar-refractivity contribution is 0.345. The van der Waals surface area contributed by atoms with Crippen LogP contribution in [0.2, 0.25) is 0 Å². The number of likely N-dealkylation sites (tertiary alicyclic amines) is 1. The monoisotopic (exact) mass is 278 g/mol. The maximum atomic E-state index is 5.47. The zero-order chi connectivity index (χ0) is 14.5. The van der Waals surface area contributed by atoms with Crippen LogP contribution in [0, 0.1) is 5.92 Å². The van der Waals surface area contributed by atoms with Gasteiger partial charge in [-0.3, -0.25) is 0 Å². The highest BCUT2D eigenvalue weighted by molar-refractivity contribution is 5.47. The predicted octanol–water partition coefficient (Wildman–Crippen LogP) is 1.64. The summed E-state index contributed by atoms with van der Waals surface area (Å²) in [4.78, 5) is 11.4. The van der Waals surface area contributed by atoms with Gasteiger partial charge in [-0.15, -0.1) is 0 Å². The zero-order valence-electron chi connectivity index (χ0n) is 12.7. The first-order valence-corrected chi connectivity index (χ1v) is 7.44. The minimum atomic E-state index is 0.283. The summed E-state index contributed by atoms with van der Waals surface area (Å²) in [5.41, 5.74) is 2.61. The molecule has 6 heteroatoms. The fourth-order valence-corrected chi connectivity index (χ4v) is 2.50. The second-order valence-electron chi connectivity index (χ2n) is 5.72. The van der Waals surface area contributed by atoms with Crippen LogP contribution in [0.25, 0.3) is 0 Å². The standard InChI is InChI=1S/C14H26N6/c1-4-20-6-5-11(9-20)8-16-12-7-13(19-15)18-14(17-12)10(2)3/h7,10-11H,4-6,8-9,15H2,1-3H3,(H2,16,17,18,19). The van der Waals surface area contributed by atoms with Crippen molar-refractivity contribution in [2.45, 2.75) is 33.1 Å². The molecule has 1 saturated heterocycles. The molecule has 0 aromatic carbocycles. The molecule has 0 saturated carbocycles. The summed E-state index contributed by atoms with van der Waals surface area (Å²) >= 11 is 0. The van der Waals surface area contributed by atoms with Crippen molar-refractivity contribution in [3.8, 4) is 0 Å². The Labute approximate surface area is 121 Å². The van der Waals surface area contributed by atoms with Crippen LogP contribution >= 0.6 is 0 Å². The van der Waals surface area contributed by atoms with Crippen LogP contribution in [0.1, 0.15) is 38.9 Å². The smallest absolute Gasteiger partial charge is 0.145 e. The summed E-state index contributed by atoms with van der Waals surface area (Å²) in [5.74, 6) is 8.77. The van der Waals surface area contributed by atoms with Crippen molar-refractivity contribution in [2.24, 2.45) is 11.8 Å². The molecular weight excluding hydrogens is 252 g/mol. The normalized spacial score (nSPS) is 19.6.